The molecule has 0 heterocycles. The minimum absolute atomic E-state index is 0.109. The Labute approximate surface area is 638 Å². The van der Waals surface area contributed by atoms with Crippen LogP contribution in [-0.2, 0) is 65.4 Å². The summed E-state index contributed by atoms with van der Waals surface area (Å²) in [6.45, 7) is 7.37. The average molecular weight is 1520 g/mol. The number of carbonyl (C=O) groups excluding carboxylic acids is 4. The molecule has 0 saturated heterocycles. The summed E-state index contributed by atoms with van der Waals surface area (Å²) >= 11 is 0. The molecule has 0 aromatic heterocycles. The van der Waals surface area contributed by atoms with Crippen LogP contribution in [0.2, 0.25) is 0 Å². The molecule has 0 bridgehead atoms. The van der Waals surface area contributed by atoms with E-state index < -0.39 is 97.5 Å². The number of hydrogen-bond donors (Lipinski definition) is 3. The number of rotatable bonds is 85. The van der Waals surface area contributed by atoms with E-state index in [0.29, 0.717) is 25.7 Å². The number of phosphoric ester groups is 2. The highest BCUT2D eigenvalue weighted by atomic mass is 31.2. The minimum Gasteiger partial charge on any atom is -0.462 e. The molecule has 19 heteroatoms. The van der Waals surface area contributed by atoms with Gasteiger partial charge in [0.25, 0.3) is 0 Å². The maximum absolute atomic E-state index is 13.1. The van der Waals surface area contributed by atoms with Crippen molar-refractivity contribution in [2.24, 2.45) is 5.92 Å². The third kappa shape index (κ3) is 78.2. The van der Waals surface area contributed by atoms with Crippen LogP contribution < -0.4 is 0 Å². The summed E-state index contributed by atoms with van der Waals surface area (Å²) in [6, 6.07) is 0. The van der Waals surface area contributed by atoms with Crippen molar-refractivity contribution >= 4 is 39.5 Å². The summed E-state index contributed by atoms with van der Waals surface area (Å²) in [5.41, 5.74) is 0. The second kappa shape index (κ2) is 77.8. The predicted molar refractivity (Wildman–Crippen MR) is 428 cm³/mol. The molecule has 5 atom stereocenters. The van der Waals surface area contributed by atoms with E-state index in [1.807, 2.05) is 0 Å². The highest BCUT2D eigenvalue weighted by Gasteiger charge is 2.30. The van der Waals surface area contributed by atoms with Crippen molar-refractivity contribution in [1.82, 2.24) is 0 Å². The van der Waals surface area contributed by atoms with Crippen molar-refractivity contribution in [2.75, 3.05) is 39.6 Å². The van der Waals surface area contributed by atoms with Gasteiger partial charge < -0.3 is 33.8 Å². The SMILES string of the molecule is CCCCCCCCCCCCCCCCCCCCCCC(=O)O[C@H](COC(=O)CCCCCCCCCCCCCCCCCCC(C)C)COP(=O)(O)OC[C@@H](O)COP(=O)(O)OC[C@@H](COC(=O)CCCCCCCCCC)OC(=O)CCCCCCCCCCCCCCCCCCC. The predicted octanol–water partition coefficient (Wildman–Crippen LogP) is 26.0. The van der Waals surface area contributed by atoms with Crippen molar-refractivity contribution in [3.63, 3.8) is 0 Å². The zero-order valence-electron chi connectivity index (χ0n) is 68.2. The molecule has 0 aliphatic heterocycles. The van der Waals surface area contributed by atoms with Gasteiger partial charge in [0.2, 0.25) is 0 Å². The Morgan fingerprint density at radius 3 is 0.654 bits per heavy atom. The second-order valence-electron chi connectivity index (χ2n) is 31.1. The third-order valence-corrected chi connectivity index (χ3v) is 21.9. The molecule has 17 nitrogen and oxygen atoms in total. The molecular formula is C85H166O17P2. The van der Waals surface area contributed by atoms with Gasteiger partial charge in [-0.3, -0.25) is 37.3 Å². The fraction of sp³-hybridized carbons (Fsp3) is 0.953. The van der Waals surface area contributed by atoms with Crippen LogP contribution in [0, 0.1) is 5.92 Å². The van der Waals surface area contributed by atoms with Gasteiger partial charge >= 0.3 is 39.5 Å². The van der Waals surface area contributed by atoms with Gasteiger partial charge in [-0.25, -0.2) is 9.13 Å². The van der Waals surface area contributed by atoms with Crippen LogP contribution in [0.3, 0.4) is 0 Å². The standard InChI is InChI=1S/C85H166O17P2/c1-6-9-12-15-18-21-23-25-27-29-30-31-33-39-43-47-51-56-61-66-71-85(90)102-81(75-96-83(88)69-64-59-54-49-45-41-37-35-34-36-40-44-48-52-57-62-67-78(4)5)77-100-104(93,94)98-73-79(86)72-97-103(91,92)99-76-80(74-95-82(87)68-63-58-53-20-17-14-11-8-3)101-84(89)70-65-60-55-50-46-42-38-32-28-26-24-22-19-16-13-10-7-2/h78-81,86H,6-77H2,1-5H3,(H,91,92)(H,93,94)/t79-,80+,81+/m0/s1. The van der Waals surface area contributed by atoms with Crippen LogP contribution in [0.1, 0.15) is 458 Å². The van der Waals surface area contributed by atoms with Crippen LogP contribution in [-0.4, -0.2) is 96.7 Å². The minimum atomic E-state index is -4.96. The van der Waals surface area contributed by atoms with Crippen molar-refractivity contribution in [3.8, 4) is 0 Å². The van der Waals surface area contributed by atoms with Crippen LogP contribution in [0.5, 0.6) is 0 Å². The van der Waals surface area contributed by atoms with Gasteiger partial charge in [0.1, 0.15) is 19.3 Å². The maximum Gasteiger partial charge on any atom is 0.472 e. The number of ether oxygens (including phenoxy) is 4. The smallest absolute Gasteiger partial charge is 0.462 e. The lowest BCUT2D eigenvalue weighted by Gasteiger charge is -2.21. The number of aliphatic hydroxyl groups excluding tert-OH is 1. The van der Waals surface area contributed by atoms with Crippen LogP contribution in [0.4, 0.5) is 0 Å². The molecule has 0 saturated carbocycles. The van der Waals surface area contributed by atoms with Crippen LogP contribution >= 0.6 is 15.6 Å². The first-order valence-corrected chi connectivity index (χ1v) is 47.1. The van der Waals surface area contributed by atoms with Gasteiger partial charge in [-0.15, -0.1) is 0 Å². The molecule has 0 aromatic rings. The third-order valence-electron chi connectivity index (χ3n) is 20.0. The second-order valence-corrected chi connectivity index (χ2v) is 34.0. The molecule has 0 rings (SSSR count). The number of unbranched alkanes of at least 4 members (excludes halogenated alkanes) is 57. The van der Waals surface area contributed by atoms with Crippen LogP contribution in [0.15, 0.2) is 0 Å². The molecule has 2 unspecified atom stereocenters. The molecular weight excluding hydrogens is 1350 g/mol. The highest BCUT2D eigenvalue weighted by Crippen LogP contribution is 2.45. The van der Waals surface area contributed by atoms with Gasteiger partial charge in [-0.1, -0.05) is 407 Å². The Bertz CT molecular complexity index is 1980. The molecule has 0 aliphatic carbocycles. The molecule has 3 N–H and O–H groups in total. The number of hydrogen-bond acceptors (Lipinski definition) is 15. The molecule has 0 fully saturated rings. The summed E-state index contributed by atoms with van der Waals surface area (Å²) in [6.07, 6.45) is 70.9. The van der Waals surface area contributed by atoms with E-state index in [0.717, 1.165) is 95.8 Å². The van der Waals surface area contributed by atoms with E-state index in [-0.39, 0.29) is 25.7 Å². The molecule has 0 amide bonds. The van der Waals surface area contributed by atoms with E-state index in [1.54, 1.807) is 0 Å². The quantitative estimate of drug-likeness (QED) is 0.0222. The number of phosphoric acid groups is 2. The number of esters is 4. The lowest BCUT2D eigenvalue weighted by atomic mass is 10.0. The van der Waals surface area contributed by atoms with Gasteiger partial charge in [0.15, 0.2) is 12.2 Å². The normalized spacial score (nSPS) is 13.8. The summed E-state index contributed by atoms with van der Waals surface area (Å²) < 4.78 is 68.8. The van der Waals surface area contributed by atoms with Crippen molar-refractivity contribution < 1.29 is 80.2 Å². The first-order valence-electron chi connectivity index (χ1n) is 44.1. The zero-order valence-corrected chi connectivity index (χ0v) is 70.0. The first kappa shape index (κ1) is 102. The Balaban J connectivity index is 5.19. The Hall–Kier alpha value is -1.94. The van der Waals surface area contributed by atoms with E-state index >= 15 is 0 Å². The lowest BCUT2D eigenvalue weighted by molar-refractivity contribution is -0.161. The summed E-state index contributed by atoms with van der Waals surface area (Å²) in [5.74, 6) is -1.29. The van der Waals surface area contributed by atoms with Gasteiger partial charge in [-0.2, -0.15) is 0 Å². The summed E-state index contributed by atoms with van der Waals surface area (Å²) in [5, 5.41) is 10.7. The largest absolute Gasteiger partial charge is 0.472 e. The number of aliphatic hydroxyl groups is 1. The Morgan fingerprint density at radius 1 is 0.260 bits per heavy atom. The van der Waals surface area contributed by atoms with E-state index in [4.69, 9.17) is 37.0 Å². The molecule has 104 heavy (non-hydrogen) atoms. The zero-order chi connectivity index (χ0) is 76.2. The van der Waals surface area contributed by atoms with Crippen LogP contribution in [0.25, 0.3) is 0 Å². The fourth-order valence-corrected chi connectivity index (χ4v) is 14.9. The monoisotopic (exact) mass is 1520 g/mol. The van der Waals surface area contributed by atoms with Gasteiger partial charge in [-0.05, 0) is 31.6 Å². The Morgan fingerprint density at radius 2 is 0.442 bits per heavy atom. The average Bonchev–Trinajstić information content (AvgIpc) is 0.911. The molecule has 618 valence electrons. The van der Waals surface area contributed by atoms with E-state index in [1.165, 1.54) is 283 Å². The van der Waals surface area contributed by atoms with E-state index in [9.17, 15) is 43.2 Å². The lowest BCUT2D eigenvalue weighted by Crippen LogP contribution is -2.30. The fourth-order valence-electron chi connectivity index (χ4n) is 13.3. The highest BCUT2D eigenvalue weighted by molar-refractivity contribution is 7.47. The molecule has 0 aromatic carbocycles. The maximum atomic E-state index is 13.1. The Kier molecular flexibility index (Phi) is 76.3. The number of carbonyl (C=O) groups is 4. The van der Waals surface area contributed by atoms with Gasteiger partial charge in [0, 0.05) is 25.7 Å². The van der Waals surface area contributed by atoms with Gasteiger partial charge in [0.05, 0.1) is 26.4 Å². The summed E-state index contributed by atoms with van der Waals surface area (Å²) in [4.78, 5) is 73.1. The van der Waals surface area contributed by atoms with Crippen molar-refractivity contribution in [3.05, 3.63) is 0 Å². The van der Waals surface area contributed by atoms with Crippen molar-refractivity contribution in [2.45, 2.75) is 477 Å². The van der Waals surface area contributed by atoms with Crippen molar-refractivity contribution in [1.29, 1.82) is 0 Å². The summed E-state index contributed by atoms with van der Waals surface area (Å²) in [7, 11) is -9.92. The van der Waals surface area contributed by atoms with E-state index in [2.05, 4.69) is 34.6 Å². The topological polar surface area (TPSA) is 237 Å². The molecule has 0 spiro atoms. The first-order chi connectivity index (χ1) is 50.5. The molecule has 0 aliphatic rings. The molecule has 0 radical (unpaired) electrons.